The Balaban J connectivity index is 1.34. The van der Waals surface area contributed by atoms with Gasteiger partial charge in [0.15, 0.2) is 0 Å². The molecule has 4 rings (SSSR count). The van der Waals surface area contributed by atoms with Crippen LogP contribution in [0.25, 0.3) is 5.76 Å². The highest BCUT2D eigenvalue weighted by Gasteiger charge is 2.23. The van der Waals surface area contributed by atoms with Crippen molar-refractivity contribution in [3.63, 3.8) is 0 Å². The molecule has 158 valence electrons. The number of anilines is 1. The lowest BCUT2D eigenvalue weighted by atomic mass is 10.0. The summed E-state index contributed by atoms with van der Waals surface area (Å²) >= 11 is 13.6. The Bertz CT molecular complexity index is 1140. The molecule has 0 unspecified atom stereocenters. The summed E-state index contributed by atoms with van der Waals surface area (Å²) in [6, 6.07) is 21.1. The minimum absolute atomic E-state index is 0.0609. The third-order valence-electron chi connectivity index (χ3n) is 5.20. The smallest absolute Gasteiger partial charge is 0.256 e. The van der Waals surface area contributed by atoms with Crippen molar-refractivity contribution in [3.8, 4) is 0 Å². The molecule has 1 heterocycles. The van der Waals surface area contributed by atoms with Crippen LogP contribution in [0.3, 0.4) is 0 Å². The molecule has 0 fully saturated rings. The lowest BCUT2D eigenvalue weighted by Gasteiger charge is -2.18. The summed E-state index contributed by atoms with van der Waals surface area (Å²) in [6.45, 7) is 0. The van der Waals surface area contributed by atoms with Crippen molar-refractivity contribution in [1.82, 2.24) is 0 Å². The van der Waals surface area contributed by atoms with Crippen molar-refractivity contribution < 1.29 is 9.90 Å². The molecule has 0 bridgehead atoms. The first kappa shape index (κ1) is 21.8. The molecule has 0 saturated heterocycles. The largest absolute Gasteiger partial charge is 0.507 e. The first-order valence-corrected chi connectivity index (χ1v) is 11.7. The van der Waals surface area contributed by atoms with E-state index in [0.717, 1.165) is 24.2 Å². The molecular weight excluding hydrogens is 449 g/mol. The predicted octanol–water partition coefficient (Wildman–Crippen LogP) is 7.18. The van der Waals surface area contributed by atoms with E-state index in [1.807, 2.05) is 66.7 Å². The number of nitrogens with one attached hydrogen (secondary N) is 1. The maximum absolute atomic E-state index is 12.7. The Labute approximate surface area is 196 Å². The zero-order valence-corrected chi connectivity index (χ0v) is 19.0. The maximum atomic E-state index is 12.7. The van der Waals surface area contributed by atoms with Gasteiger partial charge in [-0.1, -0.05) is 59.6 Å². The summed E-state index contributed by atoms with van der Waals surface area (Å²) in [5.74, 6) is 0.235. The number of rotatable bonds is 6. The zero-order chi connectivity index (χ0) is 21.8. The van der Waals surface area contributed by atoms with Crippen molar-refractivity contribution in [2.24, 2.45) is 0 Å². The number of hydrogen-bond donors (Lipinski definition) is 2. The summed E-state index contributed by atoms with van der Waals surface area (Å²) in [6.07, 6.45) is 2.83. The number of aryl methyl sites for hydroxylation is 2. The second-order valence-electron chi connectivity index (χ2n) is 7.37. The quantitative estimate of drug-likeness (QED) is 0.401. The highest BCUT2D eigenvalue weighted by Crippen LogP contribution is 2.36. The molecule has 0 radical (unpaired) electrons. The van der Waals surface area contributed by atoms with E-state index >= 15 is 0 Å². The highest BCUT2D eigenvalue weighted by molar-refractivity contribution is 7.99. The first-order chi connectivity index (χ1) is 15.0. The van der Waals surface area contributed by atoms with Gasteiger partial charge in [-0.3, -0.25) is 4.79 Å². The number of thioether (sulfide) groups is 1. The van der Waals surface area contributed by atoms with E-state index < -0.39 is 0 Å². The van der Waals surface area contributed by atoms with Crippen LogP contribution >= 0.6 is 35.0 Å². The van der Waals surface area contributed by atoms with Crippen LogP contribution in [-0.2, 0) is 17.6 Å². The number of fused-ring (bicyclic) bond motifs is 1. The van der Waals surface area contributed by atoms with Crippen LogP contribution in [-0.4, -0.2) is 16.8 Å². The highest BCUT2D eigenvalue weighted by atomic mass is 35.5. The minimum Gasteiger partial charge on any atom is -0.507 e. The Morgan fingerprint density at radius 1 is 0.935 bits per heavy atom. The second kappa shape index (κ2) is 9.82. The number of carbonyl (C=O) groups excluding carboxylic acids is 1. The van der Waals surface area contributed by atoms with Gasteiger partial charge in [0.2, 0.25) is 0 Å². The number of halogens is 2. The topological polar surface area (TPSA) is 49.3 Å². The number of aliphatic hydroxyl groups excluding tert-OH is 1. The molecule has 6 heteroatoms. The van der Waals surface area contributed by atoms with Crippen molar-refractivity contribution in [1.29, 1.82) is 0 Å². The average Bonchev–Trinajstić information content (AvgIpc) is 2.78. The van der Waals surface area contributed by atoms with Crippen molar-refractivity contribution in [2.75, 3.05) is 11.1 Å². The normalized spacial score (nSPS) is 13.1. The van der Waals surface area contributed by atoms with Gasteiger partial charge in [-0.15, -0.1) is 11.8 Å². The van der Waals surface area contributed by atoms with Crippen LogP contribution in [0.15, 0.2) is 77.2 Å². The van der Waals surface area contributed by atoms with E-state index in [9.17, 15) is 9.90 Å². The lowest BCUT2D eigenvalue weighted by Crippen LogP contribution is -2.19. The van der Waals surface area contributed by atoms with Gasteiger partial charge in [-0.25, -0.2) is 0 Å². The zero-order valence-electron chi connectivity index (χ0n) is 16.7. The number of carbonyl (C=O) groups is 1. The molecule has 3 aromatic carbocycles. The van der Waals surface area contributed by atoms with Gasteiger partial charge in [-0.2, -0.15) is 0 Å². The SMILES string of the molecule is O=C(Nc1ccc(CCCc2ccc(Cl)c(Cl)c2)cc1)C1=C(O)c2ccccc2SC1. The van der Waals surface area contributed by atoms with Gasteiger partial charge in [0.1, 0.15) is 5.76 Å². The molecule has 1 aliphatic rings. The van der Waals surface area contributed by atoms with E-state index in [1.54, 1.807) is 11.8 Å². The molecule has 0 aromatic heterocycles. The molecule has 1 amide bonds. The summed E-state index contributed by atoms with van der Waals surface area (Å²) in [7, 11) is 0. The van der Waals surface area contributed by atoms with Gasteiger partial charge < -0.3 is 10.4 Å². The van der Waals surface area contributed by atoms with Crippen LogP contribution in [0.4, 0.5) is 5.69 Å². The summed E-state index contributed by atoms with van der Waals surface area (Å²) < 4.78 is 0. The van der Waals surface area contributed by atoms with Gasteiger partial charge in [0.25, 0.3) is 5.91 Å². The minimum atomic E-state index is -0.271. The van der Waals surface area contributed by atoms with E-state index in [4.69, 9.17) is 23.2 Å². The second-order valence-corrected chi connectivity index (χ2v) is 9.20. The van der Waals surface area contributed by atoms with Gasteiger partial charge in [0.05, 0.1) is 15.6 Å². The Hall–Kier alpha value is -2.40. The third kappa shape index (κ3) is 5.27. The average molecular weight is 470 g/mol. The van der Waals surface area contributed by atoms with Gasteiger partial charge in [-0.05, 0) is 60.7 Å². The number of amides is 1. The summed E-state index contributed by atoms with van der Waals surface area (Å²) in [4.78, 5) is 13.7. The van der Waals surface area contributed by atoms with E-state index in [1.165, 1.54) is 11.1 Å². The molecule has 31 heavy (non-hydrogen) atoms. The van der Waals surface area contributed by atoms with Crippen LogP contribution in [0, 0.1) is 0 Å². The Morgan fingerprint density at radius 2 is 1.65 bits per heavy atom. The summed E-state index contributed by atoms with van der Waals surface area (Å²) in [5, 5.41) is 14.6. The van der Waals surface area contributed by atoms with E-state index in [0.29, 0.717) is 32.6 Å². The van der Waals surface area contributed by atoms with Crippen LogP contribution in [0.5, 0.6) is 0 Å². The van der Waals surface area contributed by atoms with Crippen molar-refractivity contribution in [2.45, 2.75) is 24.2 Å². The monoisotopic (exact) mass is 469 g/mol. The molecule has 0 aliphatic carbocycles. The standard InChI is InChI=1S/C25H21Cl2NO2S/c26-21-13-10-17(14-22(21)27)5-3-4-16-8-11-18(12-9-16)28-25(30)20-15-31-23-7-2-1-6-19(23)24(20)29/h1-2,6-14,29H,3-5,15H2,(H,28,30). The number of benzene rings is 3. The van der Waals surface area contributed by atoms with E-state index in [2.05, 4.69) is 5.32 Å². The fraction of sp³-hybridized carbons (Fsp3) is 0.160. The van der Waals surface area contributed by atoms with Crippen molar-refractivity contribution >= 4 is 52.3 Å². The number of aliphatic hydroxyl groups is 1. The van der Waals surface area contributed by atoms with Crippen LogP contribution in [0.2, 0.25) is 10.0 Å². The lowest BCUT2D eigenvalue weighted by molar-refractivity contribution is -0.112. The fourth-order valence-corrected chi connectivity index (χ4v) is 4.88. The van der Waals surface area contributed by atoms with Crippen LogP contribution < -0.4 is 5.32 Å². The summed E-state index contributed by atoms with van der Waals surface area (Å²) in [5.41, 5.74) is 4.18. The maximum Gasteiger partial charge on any atom is 0.256 e. The Kier molecular flexibility index (Phi) is 6.91. The molecule has 1 aliphatic heterocycles. The van der Waals surface area contributed by atoms with Gasteiger partial charge >= 0.3 is 0 Å². The molecule has 3 nitrogen and oxygen atoms in total. The molecule has 0 spiro atoms. The molecule has 2 N–H and O–H groups in total. The van der Waals surface area contributed by atoms with Crippen LogP contribution in [0.1, 0.15) is 23.1 Å². The molecular formula is C25H21Cl2NO2S. The van der Waals surface area contributed by atoms with Gasteiger partial charge in [0, 0.05) is 21.9 Å². The molecule has 0 saturated carbocycles. The molecule has 0 atom stereocenters. The van der Waals surface area contributed by atoms with Crippen molar-refractivity contribution in [3.05, 3.63) is 99.0 Å². The Morgan fingerprint density at radius 3 is 2.42 bits per heavy atom. The first-order valence-electron chi connectivity index (χ1n) is 10.00. The molecule has 3 aromatic rings. The fourth-order valence-electron chi connectivity index (χ4n) is 3.50. The number of hydrogen-bond acceptors (Lipinski definition) is 3. The van der Waals surface area contributed by atoms with E-state index in [-0.39, 0.29) is 11.7 Å². The predicted molar refractivity (Wildman–Crippen MR) is 130 cm³/mol. The third-order valence-corrected chi connectivity index (χ3v) is 7.04.